The van der Waals surface area contributed by atoms with Crippen LogP contribution < -0.4 is 5.32 Å². The summed E-state index contributed by atoms with van der Waals surface area (Å²) in [5.74, 6) is 0.846. The highest BCUT2D eigenvalue weighted by molar-refractivity contribution is 4.77. The van der Waals surface area contributed by atoms with Gasteiger partial charge in [-0.25, -0.2) is 0 Å². The number of nitrogens with one attached hydrogen (secondary N) is 1. The van der Waals surface area contributed by atoms with Crippen LogP contribution in [0.15, 0.2) is 0 Å². The third-order valence-corrected chi connectivity index (χ3v) is 4.63. The normalized spacial score (nSPS) is 16.6. The lowest BCUT2D eigenvalue weighted by atomic mass is 10.1. The van der Waals surface area contributed by atoms with E-state index >= 15 is 0 Å². The average molecular weight is 283 g/mol. The Morgan fingerprint density at radius 1 is 1.00 bits per heavy atom. The summed E-state index contributed by atoms with van der Waals surface area (Å²) in [4.78, 5) is 2.82. The van der Waals surface area contributed by atoms with Crippen molar-refractivity contribution >= 4 is 0 Å². The van der Waals surface area contributed by atoms with E-state index in [1.54, 1.807) is 0 Å². The summed E-state index contributed by atoms with van der Waals surface area (Å²) in [6.45, 7) is 11.9. The zero-order chi connectivity index (χ0) is 14.6. The first-order valence-electron chi connectivity index (χ1n) is 9.18. The summed E-state index contributed by atoms with van der Waals surface area (Å²) in [6.07, 6.45) is 12.8. The van der Waals surface area contributed by atoms with Gasteiger partial charge in [-0.2, -0.15) is 0 Å². The highest BCUT2D eigenvalue weighted by Gasteiger charge is 2.21. The van der Waals surface area contributed by atoms with Crippen molar-refractivity contribution in [3.05, 3.63) is 0 Å². The third-order valence-electron chi connectivity index (χ3n) is 4.63. The van der Waals surface area contributed by atoms with Crippen molar-refractivity contribution in [2.24, 2.45) is 5.92 Å². The van der Waals surface area contributed by atoms with Gasteiger partial charge < -0.3 is 10.2 Å². The molecule has 1 aliphatic rings. The number of unbranched alkanes of at least 4 members (excludes halogenated alkanes) is 3. The minimum atomic E-state index is 0.846. The van der Waals surface area contributed by atoms with Crippen LogP contribution in [-0.4, -0.2) is 37.1 Å². The van der Waals surface area contributed by atoms with Gasteiger partial charge in [0.05, 0.1) is 0 Å². The van der Waals surface area contributed by atoms with Crippen molar-refractivity contribution in [1.82, 2.24) is 10.2 Å². The van der Waals surface area contributed by atoms with Crippen LogP contribution in [-0.2, 0) is 0 Å². The SMILES string of the molecule is CCNCCCCCCN(CCC(C)C)C1CCCC1. The Morgan fingerprint density at radius 3 is 2.35 bits per heavy atom. The summed E-state index contributed by atoms with van der Waals surface area (Å²) < 4.78 is 0. The van der Waals surface area contributed by atoms with Crippen molar-refractivity contribution in [3.63, 3.8) is 0 Å². The Balaban J connectivity index is 2.12. The van der Waals surface area contributed by atoms with Crippen LogP contribution in [0.5, 0.6) is 0 Å². The Kier molecular flexibility index (Phi) is 10.4. The first-order chi connectivity index (χ1) is 9.74. The molecule has 1 N–H and O–H groups in total. The summed E-state index contributed by atoms with van der Waals surface area (Å²) >= 11 is 0. The molecule has 1 saturated carbocycles. The molecule has 2 nitrogen and oxygen atoms in total. The van der Waals surface area contributed by atoms with Crippen LogP contribution in [0.2, 0.25) is 0 Å². The van der Waals surface area contributed by atoms with Gasteiger partial charge >= 0.3 is 0 Å². The van der Waals surface area contributed by atoms with Crippen molar-refractivity contribution in [2.75, 3.05) is 26.2 Å². The molecule has 1 fully saturated rings. The van der Waals surface area contributed by atoms with Gasteiger partial charge in [-0.05, 0) is 64.2 Å². The average Bonchev–Trinajstić information content (AvgIpc) is 2.94. The summed E-state index contributed by atoms with van der Waals surface area (Å²) in [6, 6.07) is 0.913. The highest BCUT2D eigenvalue weighted by atomic mass is 15.2. The quantitative estimate of drug-likeness (QED) is 0.532. The molecule has 0 bridgehead atoms. The third kappa shape index (κ3) is 8.26. The molecule has 1 rings (SSSR count). The van der Waals surface area contributed by atoms with E-state index in [2.05, 4.69) is 31.0 Å². The molecule has 0 spiro atoms. The van der Waals surface area contributed by atoms with E-state index in [1.165, 1.54) is 77.4 Å². The molecule has 0 atom stereocenters. The highest BCUT2D eigenvalue weighted by Crippen LogP contribution is 2.24. The largest absolute Gasteiger partial charge is 0.317 e. The lowest BCUT2D eigenvalue weighted by Crippen LogP contribution is -2.35. The molecule has 0 heterocycles. The van der Waals surface area contributed by atoms with E-state index in [0.717, 1.165) is 18.5 Å². The fourth-order valence-corrected chi connectivity index (χ4v) is 3.27. The van der Waals surface area contributed by atoms with Gasteiger partial charge in [-0.1, -0.05) is 46.5 Å². The van der Waals surface area contributed by atoms with E-state index in [-0.39, 0.29) is 0 Å². The van der Waals surface area contributed by atoms with Crippen molar-refractivity contribution in [1.29, 1.82) is 0 Å². The summed E-state index contributed by atoms with van der Waals surface area (Å²) in [5, 5.41) is 3.42. The van der Waals surface area contributed by atoms with Crippen molar-refractivity contribution in [2.45, 2.75) is 84.6 Å². The molecule has 0 aromatic rings. The fourth-order valence-electron chi connectivity index (χ4n) is 3.27. The molecule has 0 aromatic heterocycles. The van der Waals surface area contributed by atoms with Crippen LogP contribution in [0.4, 0.5) is 0 Å². The van der Waals surface area contributed by atoms with Gasteiger partial charge in [-0.15, -0.1) is 0 Å². The first kappa shape index (κ1) is 18.0. The van der Waals surface area contributed by atoms with Gasteiger partial charge in [0.15, 0.2) is 0 Å². The molecular formula is C18H38N2. The smallest absolute Gasteiger partial charge is 0.00952 e. The molecular weight excluding hydrogens is 244 g/mol. The van der Waals surface area contributed by atoms with Gasteiger partial charge in [0.2, 0.25) is 0 Å². The molecule has 0 saturated heterocycles. The number of hydrogen-bond donors (Lipinski definition) is 1. The lowest BCUT2D eigenvalue weighted by Gasteiger charge is -2.29. The van der Waals surface area contributed by atoms with Crippen LogP contribution in [0, 0.1) is 5.92 Å². The molecule has 120 valence electrons. The van der Waals surface area contributed by atoms with Gasteiger partial charge in [0.1, 0.15) is 0 Å². The van der Waals surface area contributed by atoms with Crippen molar-refractivity contribution < 1.29 is 0 Å². The standard InChI is InChI=1S/C18H38N2/c1-4-19-14-9-5-6-10-15-20(16-13-17(2)3)18-11-7-8-12-18/h17-19H,4-16H2,1-3H3. The summed E-state index contributed by atoms with van der Waals surface area (Å²) in [5.41, 5.74) is 0. The van der Waals surface area contributed by atoms with Crippen LogP contribution in [0.25, 0.3) is 0 Å². The fraction of sp³-hybridized carbons (Fsp3) is 1.00. The predicted molar refractivity (Wildman–Crippen MR) is 90.3 cm³/mol. The van der Waals surface area contributed by atoms with Gasteiger partial charge in [-0.3, -0.25) is 0 Å². The molecule has 0 radical (unpaired) electrons. The molecule has 2 heteroatoms. The predicted octanol–water partition coefficient (Wildman–Crippen LogP) is 4.45. The van der Waals surface area contributed by atoms with Crippen molar-refractivity contribution in [3.8, 4) is 0 Å². The van der Waals surface area contributed by atoms with E-state index in [4.69, 9.17) is 0 Å². The van der Waals surface area contributed by atoms with Crippen LogP contribution >= 0.6 is 0 Å². The second-order valence-corrected chi connectivity index (χ2v) is 6.92. The Labute approximate surface area is 127 Å². The number of nitrogens with zero attached hydrogens (tertiary/aromatic N) is 1. The Hall–Kier alpha value is -0.0800. The first-order valence-corrected chi connectivity index (χ1v) is 9.18. The van der Waals surface area contributed by atoms with Crippen LogP contribution in [0.1, 0.15) is 78.6 Å². The lowest BCUT2D eigenvalue weighted by molar-refractivity contribution is 0.184. The molecule has 1 aliphatic carbocycles. The minimum absolute atomic E-state index is 0.846. The van der Waals surface area contributed by atoms with E-state index in [0.29, 0.717) is 0 Å². The Morgan fingerprint density at radius 2 is 1.70 bits per heavy atom. The van der Waals surface area contributed by atoms with E-state index in [1.807, 2.05) is 0 Å². The minimum Gasteiger partial charge on any atom is -0.317 e. The second-order valence-electron chi connectivity index (χ2n) is 6.92. The van der Waals surface area contributed by atoms with E-state index in [9.17, 15) is 0 Å². The zero-order valence-electron chi connectivity index (χ0n) is 14.3. The maximum atomic E-state index is 3.42. The maximum absolute atomic E-state index is 3.42. The monoisotopic (exact) mass is 282 g/mol. The maximum Gasteiger partial charge on any atom is 0.00952 e. The van der Waals surface area contributed by atoms with Gasteiger partial charge in [0, 0.05) is 6.04 Å². The topological polar surface area (TPSA) is 15.3 Å². The zero-order valence-corrected chi connectivity index (χ0v) is 14.3. The Bertz CT molecular complexity index is 209. The molecule has 20 heavy (non-hydrogen) atoms. The number of hydrogen-bond acceptors (Lipinski definition) is 2. The molecule has 0 aliphatic heterocycles. The van der Waals surface area contributed by atoms with E-state index < -0.39 is 0 Å². The molecule has 0 unspecified atom stereocenters. The molecule has 0 aromatic carbocycles. The van der Waals surface area contributed by atoms with Crippen LogP contribution in [0.3, 0.4) is 0 Å². The number of rotatable bonds is 12. The second kappa shape index (κ2) is 11.6. The summed E-state index contributed by atoms with van der Waals surface area (Å²) in [7, 11) is 0. The van der Waals surface area contributed by atoms with Gasteiger partial charge in [0.25, 0.3) is 0 Å². The molecule has 0 amide bonds.